The van der Waals surface area contributed by atoms with Crippen LogP contribution >= 0.6 is 0 Å². The lowest BCUT2D eigenvalue weighted by Crippen LogP contribution is -2.41. The molecule has 0 radical (unpaired) electrons. The summed E-state index contributed by atoms with van der Waals surface area (Å²) in [7, 11) is 0. The second kappa shape index (κ2) is 2.44. The van der Waals surface area contributed by atoms with Crippen LogP contribution in [0.25, 0.3) is 0 Å². The Balaban J connectivity index is 2.25. The van der Waals surface area contributed by atoms with E-state index in [1.165, 1.54) is 0 Å². The van der Waals surface area contributed by atoms with E-state index in [-0.39, 0.29) is 23.9 Å². The van der Waals surface area contributed by atoms with Gasteiger partial charge < -0.3 is 14.6 Å². The highest BCUT2D eigenvalue weighted by atomic mass is 16.7. The van der Waals surface area contributed by atoms with Gasteiger partial charge in [0.15, 0.2) is 12.4 Å². The van der Waals surface area contributed by atoms with Gasteiger partial charge in [-0.25, -0.2) is 0 Å². The molecule has 0 spiro atoms. The fourth-order valence-corrected chi connectivity index (χ4v) is 1.92. The monoisotopic (exact) mass is 172 g/mol. The fraction of sp³-hybridized carbons (Fsp3) is 0.875. The first-order valence-electron chi connectivity index (χ1n) is 4.15. The maximum Gasteiger partial charge on any atom is 0.311 e. The van der Waals surface area contributed by atoms with E-state index in [4.69, 9.17) is 9.47 Å². The molecule has 5 atom stereocenters. The van der Waals surface area contributed by atoms with Crippen LogP contribution < -0.4 is 0 Å². The number of carbonyl (C=O) groups excluding carboxylic acids is 1. The van der Waals surface area contributed by atoms with Crippen molar-refractivity contribution < 1.29 is 19.4 Å². The first-order chi connectivity index (χ1) is 5.61. The molecule has 4 nitrogen and oxygen atoms in total. The molecule has 0 aromatic rings. The Labute approximate surface area is 70.5 Å². The van der Waals surface area contributed by atoms with Crippen LogP contribution in [0.2, 0.25) is 0 Å². The van der Waals surface area contributed by atoms with Gasteiger partial charge >= 0.3 is 5.97 Å². The van der Waals surface area contributed by atoms with E-state index in [1.54, 1.807) is 6.92 Å². The van der Waals surface area contributed by atoms with Crippen LogP contribution in [0.4, 0.5) is 0 Å². The third-order valence-corrected chi connectivity index (χ3v) is 2.73. The van der Waals surface area contributed by atoms with E-state index in [9.17, 15) is 9.90 Å². The second-order valence-corrected chi connectivity index (χ2v) is 3.54. The van der Waals surface area contributed by atoms with Crippen LogP contribution in [0.1, 0.15) is 13.8 Å². The highest BCUT2D eigenvalue weighted by molar-refractivity contribution is 5.74. The topological polar surface area (TPSA) is 55.8 Å². The number of hydrogen-bond acceptors (Lipinski definition) is 4. The zero-order chi connectivity index (χ0) is 8.88. The summed E-state index contributed by atoms with van der Waals surface area (Å²) in [5, 5.41) is 9.31. The minimum Gasteiger partial charge on any atom is -0.456 e. The third kappa shape index (κ3) is 0.881. The van der Waals surface area contributed by atoms with Crippen molar-refractivity contribution in [3.05, 3.63) is 0 Å². The normalized spacial score (nSPS) is 52.2. The summed E-state index contributed by atoms with van der Waals surface area (Å²) < 4.78 is 10.2. The number of fused-ring (bicyclic) bond motifs is 2. The van der Waals surface area contributed by atoms with Gasteiger partial charge in [-0.1, -0.05) is 6.92 Å². The van der Waals surface area contributed by atoms with Gasteiger partial charge in [0.25, 0.3) is 0 Å². The molecule has 5 unspecified atom stereocenters. The van der Waals surface area contributed by atoms with Crippen molar-refractivity contribution in [2.24, 2.45) is 11.8 Å². The SMILES string of the molecule is CC1C(=O)OC2C(O)OC1C2C. The van der Waals surface area contributed by atoms with Crippen LogP contribution in [0.5, 0.6) is 0 Å². The summed E-state index contributed by atoms with van der Waals surface area (Å²) in [4.78, 5) is 11.1. The Morgan fingerprint density at radius 2 is 2.00 bits per heavy atom. The molecule has 0 aliphatic carbocycles. The van der Waals surface area contributed by atoms with Gasteiger partial charge in [0, 0.05) is 5.92 Å². The highest BCUT2D eigenvalue weighted by Crippen LogP contribution is 2.37. The Bertz CT molecular complexity index is 215. The Morgan fingerprint density at radius 1 is 1.33 bits per heavy atom. The highest BCUT2D eigenvalue weighted by Gasteiger charge is 2.52. The summed E-state index contributed by atoms with van der Waals surface area (Å²) in [6.07, 6.45) is -1.57. The third-order valence-electron chi connectivity index (χ3n) is 2.73. The van der Waals surface area contributed by atoms with Crippen molar-refractivity contribution >= 4 is 5.97 Å². The van der Waals surface area contributed by atoms with Crippen molar-refractivity contribution in [2.75, 3.05) is 0 Å². The smallest absolute Gasteiger partial charge is 0.311 e. The van der Waals surface area contributed by atoms with Crippen molar-refractivity contribution in [2.45, 2.75) is 32.3 Å². The molecule has 12 heavy (non-hydrogen) atoms. The molecule has 4 heteroatoms. The molecule has 2 fully saturated rings. The van der Waals surface area contributed by atoms with Crippen LogP contribution in [0.15, 0.2) is 0 Å². The lowest BCUT2D eigenvalue weighted by atomic mass is 9.89. The first-order valence-corrected chi connectivity index (χ1v) is 4.15. The van der Waals surface area contributed by atoms with E-state index in [1.807, 2.05) is 6.92 Å². The number of aliphatic hydroxyl groups excluding tert-OH is 1. The molecule has 2 rings (SSSR count). The van der Waals surface area contributed by atoms with Crippen LogP contribution in [-0.2, 0) is 14.3 Å². The second-order valence-electron chi connectivity index (χ2n) is 3.54. The predicted octanol–water partition coefficient (Wildman–Crippen LogP) is -0.0988. The van der Waals surface area contributed by atoms with Crippen LogP contribution in [0, 0.1) is 11.8 Å². The average molecular weight is 172 g/mol. The minimum atomic E-state index is -0.932. The predicted molar refractivity (Wildman–Crippen MR) is 39.1 cm³/mol. The molecular weight excluding hydrogens is 160 g/mol. The van der Waals surface area contributed by atoms with Crippen molar-refractivity contribution in [1.82, 2.24) is 0 Å². The molecule has 2 heterocycles. The number of esters is 1. The Kier molecular flexibility index (Phi) is 1.63. The Hall–Kier alpha value is -0.610. The van der Waals surface area contributed by atoms with Crippen molar-refractivity contribution in [3.8, 4) is 0 Å². The fourth-order valence-electron chi connectivity index (χ4n) is 1.92. The molecule has 0 aromatic carbocycles. The molecule has 0 amide bonds. The summed E-state index contributed by atoms with van der Waals surface area (Å²) >= 11 is 0. The largest absolute Gasteiger partial charge is 0.456 e. The maximum atomic E-state index is 11.1. The standard InChI is InChI=1S/C8H12O4/c1-3-5-4(2)7(9)12-6(3)8(10)11-5/h3-6,8,10H,1-2H3. The summed E-state index contributed by atoms with van der Waals surface area (Å²) in [6.45, 7) is 3.69. The van der Waals surface area contributed by atoms with E-state index in [0.717, 1.165) is 0 Å². The van der Waals surface area contributed by atoms with E-state index >= 15 is 0 Å². The molecule has 68 valence electrons. The van der Waals surface area contributed by atoms with Gasteiger partial charge in [0.05, 0.1) is 12.0 Å². The zero-order valence-electron chi connectivity index (χ0n) is 7.06. The van der Waals surface area contributed by atoms with Gasteiger partial charge in [-0.15, -0.1) is 0 Å². The van der Waals surface area contributed by atoms with E-state index in [2.05, 4.69) is 0 Å². The molecule has 0 aromatic heterocycles. The van der Waals surface area contributed by atoms with Crippen LogP contribution in [0.3, 0.4) is 0 Å². The summed E-state index contributed by atoms with van der Waals surface area (Å²) in [6, 6.07) is 0. The summed E-state index contributed by atoms with van der Waals surface area (Å²) in [5.41, 5.74) is 0. The first kappa shape index (κ1) is 8.01. The maximum absolute atomic E-state index is 11.1. The summed E-state index contributed by atoms with van der Waals surface area (Å²) in [5.74, 6) is -0.416. The van der Waals surface area contributed by atoms with Crippen molar-refractivity contribution in [3.63, 3.8) is 0 Å². The lowest BCUT2D eigenvalue weighted by Gasteiger charge is -2.28. The number of hydrogen-bond donors (Lipinski definition) is 1. The van der Waals surface area contributed by atoms with E-state index in [0.29, 0.717) is 0 Å². The molecule has 0 saturated carbocycles. The number of aliphatic hydroxyl groups is 1. The molecule has 2 saturated heterocycles. The molecule has 2 aliphatic rings. The lowest BCUT2D eigenvalue weighted by molar-refractivity contribution is -0.166. The van der Waals surface area contributed by atoms with Gasteiger partial charge in [0.1, 0.15) is 0 Å². The number of rotatable bonds is 0. The van der Waals surface area contributed by atoms with Gasteiger partial charge in [0.2, 0.25) is 0 Å². The molecular formula is C8H12O4. The van der Waals surface area contributed by atoms with Crippen LogP contribution in [-0.4, -0.2) is 29.6 Å². The van der Waals surface area contributed by atoms with Gasteiger partial charge in [-0.3, -0.25) is 4.79 Å². The number of ether oxygens (including phenoxy) is 2. The van der Waals surface area contributed by atoms with Crippen molar-refractivity contribution in [1.29, 1.82) is 0 Å². The Morgan fingerprint density at radius 3 is 2.67 bits per heavy atom. The van der Waals surface area contributed by atoms with E-state index < -0.39 is 12.4 Å². The quantitative estimate of drug-likeness (QED) is 0.518. The van der Waals surface area contributed by atoms with Gasteiger partial charge in [-0.05, 0) is 6.92 Å². The molecule has 2 aliphatic heterocycles. The number of carbonyl (C=O) groups is 1. The minimum absolute atomic E-state index is 0.104. The molecule has 2 bridgehead atoms. The average Bonchev–Trinajstić information content (AvgIpc) is 2.23. The molecule has 1 N–H and O–H groups in total. The van der Waals surface area contributed by atoms with Gasteiger partial charge in [-0.2, -0.15) is 0 Å². The zero-order valence-corrected chi connectivity index (χ0v) is 7.06.